The third-order valence-corrected chi connectivity index (χ3v) is 4.07. The summed E-state index contributed by atoms with van der Waals surface area (Å²) in [6.07, 6.45) is 4.18. The summed E-state index contributed by atoms with van der Waals surface area (Å²) in [5.74, 6) is -0.181. The number of aryl methyl sites for hydroxylation is 1. The van der Waals surface area contributed by atoms with Gasteiger partial charge in [0.15, 0.2) is 5.13 Å². The predicted octanol–water partition coefficient (Wildman–Crippen LogP) is 2.07. The Bertz CT molecular complexity index is 666. The first-order chi connectivity index (χ1) is 11.5. The van der Waals surface area contributed by atoms with E-state index >= 15 is 0 Å². The maximum absolute atomic E-state index is 12.4. The number of rotatable bonds is 8. The molecule has 0 aromatic carbocycles. The standard InChI is InChI=1S/C16H23N5O2S/c1-4-21-7-5-12(20-21)10-14(22)18-13(9-11(2)3)15(23)19-16-17-6-8-24-16/h5-8,11,13H,4,9-10H2,1-3H3,(H,18,22)(H,17,19,23)/t13-/m1/s1. The van der Waals surface area contributed by atoms with Crippen LogP contribution >= 0.6 is 11.3 Å². The molecule has 0 fully saturated rings. The van der Waals surface area contributed by atoms with E-state index in [0.29, 0.717) is 17.2 Å². The van der Waals surface area contributed by atoms with Crippen LogP contribution in [0.1, 0.15) is 32.9 Å². The van der Waals surface area contributed by atoms with Crippen LogP contribution in [-0.2, 0) is 22.6 Å². The van der Waals surface area contributed by atoms with E-state index in [1.165, 1.54) is 11.3 Å². The molecule has 0 spiro atoms. The van der Waals surface area contributed by atoms with E-state index in [1.807, 2.05) is 33.0 Å². The molecule has 0 aliphatic carbocycles. The van der Waals surface area contributed by atoms with Gasteiger partial charge in [-0.2, -0.15) is 5.10 Å². The summed E-state index contributed by atoms with van der Waals surface area (Å²) < 4.78 is 1.77. The molecule has 24 heavy (non-hydrogen) atoms. The number of hydrogen-bond acceptors (Lipinski definition) is 5. The molecule has 0 saturated heterocycles. The normalized spacial score (nSPS) is 12.2. The van der Waals surface area contributed by atoms with Gasteiger partial charge in [0, 0.05) is 24.3 Å². The summed E-state index contributed by atoms with van der Waals surface area (Å²) in [6, 6.07) is 1.23. The minimum atomic E-state index is -0.588. The fourth-order valence-corrected chi connectivity index (χ4v) is 2.80. The van der Waals surface area contributed by atoms with E-state index < -0.39 is 6.04 Å². The van der Waals surface area contributed by atoms with Gasteiger partial charge >= 0.3 is 0 Å². The Morgan fingerprint density at radius 1 is 1.38 bits per heavy atom. The number of thiazole rings is 1. The first-order valence-electron chi connectivity index (χ1n) is 8.00. The number of carbonyl (C=O) groups is 2. The number of nitrogens with zero attached hydrogens (tertiary/aromatic N) is 3. The lowest BCUT2D eigenvalue weighted by Crippen LogP contribution is -2.45. The van der Waals surface area contributed by atoms with Crippen LogP contribution in [0.5, 0.6) is 0 Å². The second kappa shape index (κ2) is 8.58. The average molecular weight is 349 g/mol. The molecule has 2 heterocycles. The monoisotopic (exact) mass is 349 g/mol. The Morgan fingerprint density at radius 3 is 2.75 bits per heavy atom. The number of anilines is 1. The van der Waals surface area contributed by atoms with Crippen LogP contribution in [0, 0.1) is 5.92 Å². The zero-order valence-electron chi connectivity index (χ0n) is 14.2. The zero-order valence-corrected chi connectivity index (χ0v) is 15.0. The molecule has 0 radical (unpaired) electrons. The third kappa shape index (κ3) is 5.45. The molecular formula is C16H23N5O2S. The molecule has 130 valence electrons. The third-order valence-electron chi connectivity index (χ3n) is 3.38. The van der Waals surface area contributed by atoms with Crippen LogP contribution in [0.15, 0.2) is 23.8 Å². The van der Waals surface area contributed by atoms with E-state index in [2.05, 4.69) is 20.7 Å². The Kier molecular flexibility index (Phi) is 6.48. The molecule has 2 aromatic heterocycles. The Balaban J connectivity index is 1.96. The number of amides is 2. The van der Waals surface area contributed by atoms with Crippen LogP contribution in [-0.4, -0.2) is 32.6 Å². The smallest absolute Gasteiger partial charge is 0.248 e. The van der Waals surface area contributed by atoms with E-state index in [4.69, 9.17) is 0 Å². The molecule has 2 amide bonds. The molecule has 0 aliphatic rings. The van der Waals surface area contributed by atoms with Gasteiger partial charge in [0.2, 0.25) is 11.8 Å². The van der Waals surface area contributed by atoms with E-state index in [9.17, 15) is 9.59 Å². The summed E-state index contributed by atoms with van der Waals surface area (Å²) in [7, 11) is 0. The van der Waals surface area contributed by atoms with Crippen molar-refractivity contribution in [3.05, 3.63) is 29.5 Å². The summed E-state index contributed by atoms with van der Waals surface area (Å²) in [5.41, 5.74) is 0.693. The molecule has 8 heteroatoms. The van der Waals surface area contributed by atoms with E-state index in [0.717, 1.165) is 6.54 Å². The fraction of sp³-hybridized carbons (Fsp3) is 0.500. The molecule has 2 N–H and O–H groups in total. The maximum atomic E-state index is 12.4. The lowest BCUT2D eigenvalue weighted by Gasteiger charge is -2.19. The van der Waals surface area contributed by atoms with Gasteiger partial charge in [-0.25, -0.2) is 4.98 Å². The highest BCUT2D eigenvalue weighted by Gasteiger charge is 2.23. The second-order valence-corrected chi connectivity index (χ2v) is 6.81. The zero-order chi connectivity index (χ0) is 17.5. The minimum absolute atomic E-state index is 0.159. The van der Waals surface area contributed by atoms with Crippen LogP contribution in [0.3, 0.4) is 0 Å². The molecular weight excluding hydrogens is 326 g/mol. The second-order valence-electron chi connectivity index (χ2n) is 5.92. The molecule has 1 atom stereocenters. The Hall–Kier alpha value is -2.22. The highest BCUT2D eigenvalue weighted by molar-refractivity contribution is 7.13. The van der Waals surface area contributed by atoms with Gasteiger partial charge in [0.05, 0.1) is 12.1 Å². The first-order valence-corrected chi connectivity index (χ1v) is 8.88. The quantitative estimate of drug-likeness (QED) is 0.763. The van der Waals surface area contributed by atoms with Gasteiger partial charge in [-0.05, 0) is 25.3 Å². The predicted molar refractivity (Wildman–Crippen MR) is 93.7 cm³/mol. The van der Waals surface area contributed by atoms with Crippen LogP contribution in [0.25, 0.3) is 0 Å². The number of hydrogen-bond donors (Lipinski definition) is 2. The van der Waals surface area contributed by atoms with Crippen LogP contribution < -0.4 is 10.6 Å². The van der Waals surface area contributed by atoms with Crippen LogP contribution in [0.4, 0.5) is 5.13 Å². The highest BCUT2D eigenvalue weighted by Crippen LogP contribution is 2.13. The van der Waals surface area contributed by atoms with E-state index in [-0.39, 0.29) is 24.2 Å². The van der Waals surface area contributed by atoms with Crippen molar-refractivity contribution in [3.8, 4) is 0 Å². The van der Waals surface area contributed by atoms with Gasteiger partial charge in [-0.1, -0.05) is 13.8 Å². The number of nitrogens with one attached hydrogen (secondary N) is 2. The molecule has 7 nitrogen and oxygen atoms in total. The Morgan fingerprint density at radius 2 is 2.17 bits per heavy atom. The van der Waals surface area contributed by atoms with E-state index in [1.54, 1.807) is 16.3 Å². The molecule has 0 saturated carbocycles. The fourth-order valence-electron chi connectivity index (χ4n) is 2.26. The van der Waals surface area contributed by atoms with Gasteiger partial charge in [0.25, 0.3) is 0 Å². The summed E-state index contributed by atoms with van der Waals surface area (Å²) in [5, 5.41) is 12.2. The lowest BCUT2D eigenvalue weighted by molar-refractivity contribution is -0.126. The first kappa shape index (κ1) is 18.1. The van der Waals surface area contributed by atoms with Crippen molar-refractivity contribution in [2.24, 2.45) is 5.92 Å². The van der Waals surface area contributed by atoms with Gasteiger partial charge in [-0.15, -0.1) is 11.3 Å². The van der Waals surface area contributed by atoms with Crippen molar-refractivity contribution < 1.29 is 9.59 Å². The summed E-state index contributed by atoms with van der Waals surface area (Å²) in [4.78, 5) is 28.7. The van der Waals surface area contributed by atoms with Gasteiger partial charge < -0.3 is 10.6 Å². The van der Waals surface area contributed by atoms with Crippen molar-refractivity contribution in [2.45, 2.75) is 46.2 Å². The average Bonchev–Trinajstić information content (AvgIpc) is 3.17. The van der Waals surface area contributed by atoms with Gasteiger partial charge in [0.1, 0.15) is 6.04 Å². The van der Waals surface area contributed by atoms with Crippen molar-refractivity contribution in [2.75, 3.05) is 5.32 Å². The molecule has 2 aromatic rings. The number of aromatic nitrogens is 3. The van der Waals surface area contributed by atoms with Crippen molar-refractivity contribution >= 4 is 28.3 Å². The van der Waals surface area contributed by atoms with Crippen molar-refractivity contribution in [1.82, 2.24) is 20.1 Å². The molecule has 0 aliphatic heterocycles. The minimum Gasteiger partial charge on any atom is -0.344 e. The molecule has 2 rings (SSSR count). The number of carbonyl (C=O) groups excluding carboxylic acids is 2. The lowest BCUT2D eigenvalue weighted by atomic mass is 10.0. The van der Waals surface area contributed by atoms with Crippen molar-refractivity contribution in [1.29, 1.82) is 0 Å². The van der Waals surface area contributed by atoms with Crippen LogP contribution in [0.2, 0.25) is 0 Å². The van der Waals surface area contributed by atoms with Gasteiger partial charge in [-0.3, -0.25) is 14.3 Å². The maximum Gasteiger partial charge on any atom is 0.248 e. The summed E-state index contributed by atoms with van der Waals surface area (Å²) >= 11 is 1.35. The summed E-state index contributed by atoms with van der Waals surface area (Å²) in [6.45, 7) is 6.77. The Labute approximate surface area is 145 Å². The molecule has 0 unspecified atom stereocenters. The topological polar surface area (TPSA) is 88.9 Å². The largest absolute Gasteiger partial charge is 0.344 e. The SMILES string of the molecule is CCn1ccc(CC(=O)N[C@H](CC(C)C)C(=O)Nc2nccs2)n1. The van der Waals surface area contributed by atoms with Crippen molar-refractivity contribution in [3.63, 3.8) is 0 Å². The molecule has 0 bridgehead atoms. The highest BCUT2D eigenvalue weighted by atomic mass is 32.1.